The summed E-state index contributed by atoms with van der Waals surface area (Å²) < 4.78 is 38.7. The summed E-state index contributed by atoms with van der Waals surface area (Å²) in [6, 6.07) is 4.99. The number of ether oxygens (including phenoxy) is 2. The molecule has 7 nitrogen and oxygen atoms in total. The molecule has 0 bridgehead atoms. The molecule has 30 heavy (non-hydrogen) atoms. The first-order valence-corrected chi connectivity index (χ1v) is 9.52. The molecule has 0 spiro atoms. The fourth-order valence-corrected chi connectivity index (χ4v) is 3.67. The molecule has 3 heterocycles. The molecule has 2 amide bonds. The lowest BCUT2D eigenvalue weighted by Crippen LogP contribution is -2.65. The largest absolute Gasteiger partial charge is 0.495 e. The second-order valence-corrected chi connectivity index (χ2v) is 7.45. The molecule has 0 aliphatic carbocycles. The Morgan fingerprint density at radius 1 is 1.20 bits per heavy atom. The summed E-state index contributed by atoms with van der Waals surface area (Å²) in [7, 11) is 1.38. The van der Waals surface area contributed by atoms with Crippen LogP contribution in [0.2, 0.25) is 0 Å². The molecule has 0 radical (unpaired) electrons. The average Bonchev–Trinajstić information content (AvgIpc) is 2.68. The minimum atomic E-state index is -0.840. The predicted molar refractivity (Wildman–Crippen MR) is 103 cm³/mol. The van der Waals surface area contributed by atoms with Crippen LogP contribution in [0.1, 0.15) is 11.1 Å². The van der Waals surface area contributed by atoms with E-state index in [0.29, 0.717) is 24.3 Å². The number of piperazine rings is 1. The lowest BCUT2D eigenvalue weighted by atomic mass is 9.92. The minimum absolute atomic E-state index is 0.0787. The van der Waals surface area contributed by atoms with Crippen LogP contribution in [0, 0.1) is 24.5 Å². The first-order valence-electron chi connectivity index (χ1n) is 9.52. The molecule has 9 heteroatoms. The maximum Gasteiger partial charge on any atom is 0.251 e. The Balaban J connectivity index is 1.65. The highest BCUT2D eigenvalue weighted by Gasteiger charge is 2.47. The zero-order valence-corrected chi connectivity index (χ0v) is 16.6. The standard InChI is InChI=1S/C21H21F2N3O4/c1-12-3-4-13(5-16(12)22)8-25-18(27)9-26(21(28)19(25)14-10-30-11-14)20-17(23)6-15(29-2)7-24-20/h3-7,14,19H,8-11H2,1-2H3/t19-/m1/s1. The van der Waals surface area contributed by atoms with Gasteiger partial charge in [-0.25, -0.2) is 13.8 Å². The number of hydrogen-bond acceptors (Lipinski definition) is 5. The molecule has 158 valence electrons. The Hall–Kier alpha value is -3.07. The van der Waals surface area contributed by atoms with Crippen LogP contribution < -0.4 is 9.64 Å². The zero-order chi connectivity index (χ0) is 21.4. The van der Waals surface area contributed by atoms with Gasteiger partial charge in [-0.2, -0.15) is 0 Å². The SMILES string of the molecule is COc1cnc(N2CC(=O)N(Cc3ccc(C)c(F)c3)[C@H](C3COC3)C2=O)c(F)c1. The Labute approximate surface area is 172 Å². The molecule has 4 rings (SSSR count). The van der Waals surface area contributed by atoms with Gasteiger partial charge >= 0.3 is 0 Å². The van der Waals surface area contributed by atoms with E-state index in [-0.39, 0.29) is 42.3 Å². The molecule has 2 aliphatic heterocycles. The Kier molecular flexibility index (Phi) is 5.38. The smallest absolute Gasteiger partial charge is 0.251 e. The second kappa shape index (κ2) is 7.98. The molecule has 2 fully saturated rings. The number of aromatic nitrogens is 1. The summed E-state index contributed by atoms with van der Waals surface area (Å²) >= 11 is 0. The van der Waals surface area contributed by atoms with E-state index < -0.39 is 17.8 Å². The summed E-state index contributed by atoms with van der Waals surface area (Å²) in [4.78, 5) is 32.8. The third-order valence-corrected chi connectivity index (χ3v) is 5.46. The number of carbonyl (C=O) groups excluding carboxylic acids is 2. The van der Waals surface area contributed by atoms with Crippen molar-refractivity contribution in [2.24, 2.45) is 5.92 Å². The monoisotopic (exact) mass is 417 g/mol. The zero-order valence-electron chi connectivity index (χ0n) is 16.6. The van der Waals surface area contributed by atoms with Crippen molar-refractivity contribution >= 4 is 17.6 Å². The van der Waals surface area contributed by atoms with Crippen molar-refractivity contribution in [1.29, 1.82) is 0 Å². The highest BCUT2D eigenvalue weighted by atomic mass is 19.1. The van der Waals surface area contributed by atoms with Gasteiger partial charge in [-0.3, -0.25) is 14.5 Å². The molecule has 0 N–H and O–H groups in total. The van der Waals surface area contributed by atoms with Gasteiger partial charge in [0.25, 0.3) is 5.91 Å². The van der Waals surface area contributed by atoms with Crippen LogP contribution in [0.5, 0.6) is 5.75 Å². The molecule has 2 saturated heterocycles. The Morgan fingerprint density at radius 3 is 2.57 bits per heavy atom. The number of rotatable bonds is 5. The molecule has 2 aromatic rings. The molecular formula is C21H21F2N3O4. The first kappa shape index (κ1) is 20.2. The van der Waals surface area contributed by atoms with Gasteiger partial charge in [0.05, 0.1) is 26.5 Å². The summed E-state index contributed by atoms with van der Waals surface area (Å²) in [5, 5.41) is 0. The van der Waals surface area contributed by atoms with E-state index in [1.165, 1.54) is 24.3 Å². The molecule has 1 atom stereocenters. The first-order chi connectivity index (χ1) is 14.4. The van der Waals surface area contributed by atoms with Crippen molar-refractivity contribution in [1.82, 2.24) is 9.88 Å². The van der Waals surface area contributed by atoms with Crippen LogP contribution in [0.3, 0.4) is 0 Å². The number of benzene rings is 1. The predicted octanol–water partition coefficient (Wildman–Crippen LogP) is 2.07. The van der Waals surface area contributed by atoms with Crippen LogP contribution in [0.15, 0.2) is 30.5 Å². The number of nitrogens with zero attached hydrogens (tertiary/aromatic N) is 3. The normalized spacial score (nSPS) is 19.8. The summed E-state index contributed by atoms with van der Waals surface area (Å²) in [5.74, 6) is -2.18. The van der Waals surface area contributed by atoms with Gasteiger partial charge in [0, 0.05) is 18.5 Å². The second-order valence-electron chi connectivity index (χ2n) is 7.45. The summed E-state index contributed by atoms with van der Waals surface area (Å²) in [6.45, 7) is 2.00. The number of aryl methyl sites for hydroxylation is 1. The highest BCUT2D eigenvalue weighted by molar-refractivity contribution is 6.06. The van der Waals surface area contributed by atoms with E-state index in [1.807, 2.05) is 0 Å². The van der Waals surface area contributed by atoms with Crippen LogP contribution in [-0.4, -0.2) is 54.6 Å². The topological polar surface area (TPSA) is 72.0 Å². The van der Waals surface area contributed by atoms with Gasteiger partial charge in [0.1, 0.15) is 24.2 Å². The van der Waals surface area contributed by atoms with Crippen molar-refractivity contribution in [3.8, 4) is 5.75 Å². The fraction of sp³-hybridized carbons (Fsp3) is 0.381. The fourth-order valence-electron chi connectivity index (χ4n) is 3.67. The van der Waals surface area contributed by atoms with Gasteiger partial charge in [-0.15, -0.1) is 0 Å². The van der Waals surface area contributed by atoms with E-state index in [4.69, 9.17) is 9.47 Å². The summed E-state index contributed by atoms with van der Waals surface area (Å²) in [6.07, 6.45) is 1.29. The van der Waals surface area contributed by atoms with E-state index in [2.05, 4.69) is 4.98 Å². The maximum atomic E-state index is 14.5. The van der Waals surface area contributed by atoms with E-state index in [0.717, 1.165) is 11.0 Å². The van der Waals surface area contributed by atoms with Gasteiger partial charge < -0.3 is 14.4 Å². The quantitative estimate of drug-likeness (QED) is 0.745. The third-order valence-electron chi connectivity index (χ3n) is 5.46. The number of halogens is 2. The highest BCUT2D eigenvalue weighted by Crippen LogP contribution is 2.31. The molecular weight excluding hydrogens is 396 g/mol. The lowest BCUT2D eigenvalue weighted by molar-refractivity contribution is -0.155. The van der Waals surface area contributed by atoms with E-state index in [9.17, 15) is 18.4 Å². The van der Waals surface area contributed by atoms with Crippen molar-refractivity contribution in [2.45, 2.75) is 19.5 Å². The van der Waals surface area contributed by atoms with Gasteiger partial charge in [0.15, 0.2) is 11.6 Å². The summed E-state index contributed by atoms with van der Waals surface area (Å²) in [5.41, 5.74) is 1.07. The molecule has 2 aliphatic rings. The number of hydrogen-bond donors (Lipinski definition) is 0. The van der Waals surface area contributed by atoms with Crippen LogP contribution >= 0.6 is 0 Å². The van der Waals surface area contributed by atoms with Crippen LogP contribution in [-0.2, 0) is 20.9 Å². The molecule has 1 aromatic heterocycles. The van der Waals surface area contributed by atoms with Crippen molar-refractivity contribution in [2.75, 3.05) is 31.8 Å². The average molecular weight is 417 g/mol. The third kappa shape index (κ3) is 3.60. The number of amides is 2. The number of pyridine rings is 1. The van der Waals surface area contributed by atoms with Gasteiger partial charge in [-0.1, -0.05) is 12.1 Å². The Morgan fingerprint density at radius 2 is 1.97 bits per heavy atom. The molecule has 0 unspecified atom stereocenters. The number of methoxy groups -OCH3 is 1. The Bertz CT molecular complexity index is 996. The number of anilines is 1. The minimum Gasteiger partial charge on any atom is -0.495 e. The van der Waals surface area contributed by atoms with Crippen molar-refractivity contribution in [3.05, 3.63) is 53.2 Å². The van der Waals surface area contributed by atoms with Gasteiger partial charge in [0.2, 0.25) is 5.91 Å². The van der Waals surface area contributed by atoms with E-state index >= 15 is 0 Å². The molecule has 1 aromatic carbocycles. The van der Waals surface area contributed by atoms with Crippen molar-refractivity contribution < 1.29 is 27.8 Å². The van der Waals surface area contributed by atoms with Crippen LogP contribution in [0.25, 0.3) is 0 Å². The van der Waals surface area contributed by atoms with Gasteiger partial charge in [-0.05, 0) is 24.1 Å². The number of carbonyl (C=O) groups is 2. The maximum absolute atomic E-state index is 14.5. The van der Waals surface area contributed by atoms with Crippen LogP contribution in [0.4, 0.5) is 14.6 Å². The van der Waals surface area contributed by atoms with E-state index in [1.54, 1.807) is 19.1 Å². The molecule has 0 saturated carbocycles. The van der Waals surface area contributed by atoms with Crippen molar-refractivity contribution in [3.63, 3.8) is 0 Å². The lowest BCUT2D eigenvalue weighted by Gasteiger charge is -2.45.